The largest absolute Gasteiger partial charge is 0.294 e. The molecule has 0 heterocycles. The number of hydrogen-bond donors (Lipinski definition) is 1. The van der Waals surface area contributed by atoms with Crippen LogP contribution in [-0.2, 0) is 16.5 Å². The summed E-state index contributed by atoms with van der Waals surface area (Å²) in [4.78, 5) is -0.0198. The number of hydrogen-bond acceptors (Lipinski definition) is 2. The van der Waals surface area contributed by atoms with E-state index in [1.807, 2.05) is 12.1 Å². The van der Waals surface area contributed by atoms with Crippen LogP contribution in [0.25, 0.3) is 0 Å². The molecule has 0 aliphatic carbocycles. The summed E-state index contributed by atoms with van der Waals surface area (Å²) in [7, 11) is -4.08. The first-order valence-corrected chi connectivity index (χ1v) is 27.5. The van der Waals surface area contributed by atoms with Crippen LogP contribution in [-0.4, -0.2) is 13.0 Å². The first kappa shape index (κ1) is 54.1. The van der Waals surface area contributed by atoms with Crippen LogP contribution in [0.15, 0.2) is 29.2 Å². The fourth-order valence-electron chi connectivity index (χ4n) is 8.83. The van der Waals surface area contributed by atoms with E-state index in [9.17, 15) is 8.42 Å². The summed E-state index contributed by atoms with van der Waals surface area (Å²) in [5.41, 5.74) is 1.14. The van der Waals surface area contributed by atoms with E-state index in [1.165, 1.54) is 295 Å². The van der Waals surface area contributed by atoms with Crippen LogP contribution < -0.4 is 0 Å². The van der Waals surface area contributed by atoms with Crippen LogP contribution >= 0.6 is 0 Å². The zero-order valence-corrected chi connectivity index (χ0v) is 39.3. The minimum Gasteiger partial charge on any atom is -0.282 e. The van der Waals surface area contributed by atoms with Crippen molar-refractivity contribution in [2.75, 3.05) is 0 Å². The number of benzene rings is 1. The highest BCUT2D eigenvalue weighted by Crippen LogP contribution is 2.19. The fraction of sp³-hybridized carbons (Fsp3) is 0.887. The van der Waals surface area contributed by atoms with Crippen LogP contribution in [0.5, 0.6) is 0 Å². The van der Waals surface area contributed by atoms with Crippen molar-refractivity contribution in [1.29, 1.82) is 0 Å². The molecule has 1 N–H and O–H groups in total. The van der Waals surface area contributed by atoms with Gasteiger partial charge in [0.1, 0.15) is 0 Å². The third-order valence-corrected chi connectivity index (χ3v) is 13.7. The van der Waals surface area contributed by atoms with Gasteiger partial charge in [-0.3, -0.25) is 4.55 Å². The molecule has 3 nitrogen and oxygen atoms in total. The Bertz CT molecular complexity index is 1020. The minimum atomic E-state index is -4.08. The van der Waals surface area contributed by atoms with Gasteiger partial charge in [-0.25, -0.2) is 0 Å². The van der Waals surface area contributed by atoms with Crippen molar-refractivity contribution in [2.45, 2.75) is 307 Å². The second-order valence-corrected chi connectivity index (χ2v) is 19.8. The molecule has 0 saturated carbocycles. The first-order valence-electron chi connectivity index (χ1n) is 26.1. The summed E-state index contributed by atoms with van der Waals surface area (Å²) < 4.78 is 31.4. The molecule has 1 aromatic carbocycles. The van der Waals surface area contributed by atoms with Crippen molar-refractivity contribution in [2.24, 2.45) is 0 Å². The van der Waals surface area contributed by atoms with Gasteiger partial charge >= 0.3 is 0 Å². The Labute approximate surface area is 358 Å². The second kappa shape index (κ2) is 43.2. The lowest BCUT2D eigenvalue weighted by Crippen LogP contribution is -1.98. The van der Waals surface area contributed by atoms with Crippen molar-refractivity contribution < 1.29 is 13.0 Å². The van der Waals surface area contributed by atoms with Crippen molar-refractivity contribution in [3.8, 4) is 0 Å². The Kier molecular flexibility index (Phi) is 41.1. The van der Waals surface area contributed by atoms with Crippen LogP contribution in [0.2, 0.25) is 0 Å². The van der Waals surface area contributed by atoms with Gasteiger partial charge in [0, 0.05) is 0 Å². The van der Waals surface area contributed by atoms with Gasteiger partial charge in [-0.1, -0.05) is 302 Å². The van der Waals surface area contributed by atoms with E-state index in [0.717, 1.165) is 18.4 Å². The standard InChI is InChI=1S/C53H100O3S/c1-2-3-4-5-6-7-8-9-10-11-12-13-14-15-16-17-18-19-20-21-22-23-24-25-26-27-28-29-30-31-32-33-34-35-36-37-38-39-40-41-42-43-44-45-46-47-52-48-50-53(51-49-52)57(54,55)56/h48-51H,2-47H2,1H3,(H,54,55,56). The van der Waals surface area contributed by atoms with Gasteiger partial charge < -0.3 is 0 Å². The summed E-state index contributed by atoms with van der Waals surface area (Å²) in [6, 6.07) is 6.63. The molecule has 0 unspecified atom stereocenters. The molecule has 336 valence electrons. The molecule has 1 rings (SSSR count). The molecular weight excluding hydrogens is 717 g/mol. The summed E-state index contributed by atoms with van der Waals surface area (Å²) >= 11 is 0. The molecule has 0 amide bonds. The maximum atomic E-state index is 11.1. The minimum absolute atomic E-state index is 0.0198. The van der Waals surface area contributed by atoms with Gasteiger partial charge in [0.2, 0.25) is 0 Å². The normalized spacial score (nSPS) is 11.9. The Balaban J connectivity index is 1.63. The van der Waals surface area contributed by atoms with Crippen molar-refractivity contribution >= 4 is 10.1 Å². The van der Waals surface area contributed by atoms with Gasteiger partial charge in [-0.15, -0.1) is 0 Å². The molecule has 0 fully saturated rings. The van der Waals surface area contributed by atoms with Crippen LogP contribution in [0.1, 0.15) is 301 Å². The molecular formula is C53H100O3S. The zero-order chi connectivity index (χ0) is 41.0. The monoisotopic (exact) mass is 817 g/mol. The van der Waals surface area contributed by atoms with E-state index in [2.05, 4.69) is 6.92 Å². The molecule has 0 aliphatic heterocycles. The Hall–Kier alpha value is -0.870. The lowest BCUT2D eigenvalue weighted by Gasteiger charge is -2.05. The van der Waals surface area contributed by atoms with Crippen LogP contribution in [0.4, 0.5) is 0 Å². The highest BCUT2D eigenvalue weighted by molar-refractivity contribution is 7.85. The molecule has 0 radical (unpaired) electrons. The summed E-state index contributed by atoms with van der Waals surface area (Å²) in [5, 5.41) is 0. The number of unbranched alkanes of at least 4 members (excludes halogenated alkanes) is 44. The molecule has 0 atom stereocenters. The van der Waals surface area contributed by atoms with Crippen LogP contribution in [0.3, 0.4) is 0 Å². The third-order valence-electron chi connectivity index (χ3n) is 12.8. The molecule has 57 heavy (non-hydrogen) atoms. The van der Waals surface area contributed by atoms with E-state index >= 15 is 0 Å². The van der Waals surface area contributed by atoms with Crippen molar-refractivity contribution in [1.82, 2.24) is 0 Å². The predicted octanol–water partition coefficient (Wildman–Crippen LogP) is 19.1. The molecule has 1 aromatic rings. The Morgan fingerprint density at radius 2 is 0.474 bits per heavy atom. The van der Waals surface area contributed by atoms with Crippen LogP contribution in [0, 0.1) is 0 Å². The van der Waals surface area contributed by atoms with Gasteiger partial charge in [-0.2, -0.15) is 8.42 Å². The van der Waals surface area contributed by atoms with E-state index < -0.39 is 10.1 Å². The maximum absolute atomic E-state index is 11.1. The molecule has 4 heteroatoms. The average molecular weight is 817 g/mol. The topological polar surface area (TPSA) is 54.4 Å². The van der Waals surface area contributed by atoms with Gasteiger partial charge in [-0.05, 0) is 30.5 Å². The quantitative estimate of drug-likeness (QED) is 0.0527. The Morgan fingerprint density at radius 3 is 0.649 bits per heavy atom. The predicted molar refractivity (Wildman–Crippen MR) is 253 cm³/mol. The van der Waals surface area contributed by atoms with Crippen molar-refractivity contribution in [3.05, 3.63) is 29.8 Å². The molecule has 0 bridgehead atoms. The SMILES string of the molecule is CCCCCCCCCCCCCCCCCCCCCCCCCCCCCCCCCCCCCCCCCCCCCCCc1ccc(S(=O)(=O)O)cc1. The highest BCUT2D eigenvalue weighted by Gasteiger charge is 2.08. The van der Waals surface area contributed by atoms with E-state index in [1.54, 1.807) is 0 Å². The second-order valence-electron chi connectivity index (χ2n) is 18.4. The van der Waals surface area contributed by atoms with Crippen molar-refractivity contribution in [3.63, 3.8) is 0 Å². The lowest BCUT2D eigenvalue weighted by molar-refractivity contribution is 0.483. The van der Waals surface area contributed by atoms with Gasteiger partial charge in [0.15, 0.2) is 0 Å². The molecule has 0 aliphatic rings. The Morgan fingerprint density at radius 1 is 0.298 bits per heavy atom. The van der Waals surface area contributed by atoms with Gasteiger partial charge in [0.05, 0.1) is 4.90 Å². The highest BCUT2D eigenvalue weighted by atomic mass is 32.2. The van der Waals surface area contributed by atoms with E-state index in [0.29, 0.717) is 0 Å². The molecule has 0 saturated heterocycles. The van der Waals surface area contributed by atoms with Gasteiger partial charge in [0.25, 0.3) is 10.1 Å². The average Bonchev–Trinajstić information content (AvgIpc) is 3.20. The first-order chi connectivity index (χ1) is 28.0. The number of aryl methyl sites for hydroxylation is 1. The zero-order valence-electron chi connectivity index (χ0n) is 38.5. The smallest absolute Gasteiger partial charge is 0.282 e. The summed E-state index contributed by atoms with van der Waals surface area (Å²) in [6.45, 7) is 2.31. The maximum Gasteiger partial charge on any atom is 0.294 e. The molecule has 0 spiro atoms. The van der Waals surface area contributed by atoms with E-state index in [-0.39, 0.29) is 4.90 Å². The lowest BCUT2D eigenvalue weighted by atomic mass is 10.0. The summed E-state index contributed by atoms with van der Waals surface area (Å²) in [6.07, 6.45) is 65.9. The number of rotatable bonds is 47. The summed E-state index contributed by atoms with van der Waals surface area (Å²) in [5.74, 6) is 0. The van der Waals surface area contributed by atoms with E-state index in [4.69, 9.17) is 4.55 Å². The molecule has 0 aromatic heterocycles. The fourth-order valence-corrected chi connectivity index (χ4v) is 9.31. The third kappa shape index (κ3) is 40.3.